The van der Waals surface area contributed by atoms with Crippen LogP contribution in [0.15, 0.2) is 0 Å². The molecule has 2 saturated heterocycles. The third-order valence-electron chi connectivity index (χ3n) is 9.46. The molecule has 0 unspecified atom stereocenters. The van der Waals surface area contributed by atoms with Crippen molar-refractivity contribution in [2.75, 3.05) is 0 Å². The molecule has 0 spiro atoms. The Kier molecular flexibility index (Phi) is 2.21. The molecular formula is C20H24O4. The zero-order valence-electron chi connectivity index (χ0n) is 13.8. The van der Waals surface area contributed by atoms with Crippen molar-refractivity contribution in [3.63, 3.8) is 0 Å². The van der Waals surface area contributed by atoms with Gasteiger partial charge in [-0.2, -0.15) is 0 Å². The lowest BCUT2D eigenvalue weighted by Crippen LogP contribution is -2.59. The third kappa shape index (κ3) is 1.27. The Balaban J connectivity index is 1.40. The van der Waals surface area contributed by atoms with Gasteiger partial charge >= 0.3 is 11.9 Å². The van der Waals surface area contributed by atoms with Gasteiger partial charge < -0.3 is 9.47 Å². The van der Waals surface area contributed by atoms with Crippen molar-refractivity contribution in [1.82, 2.24) is 0 Å². The number of carbonyl (C=O) groups is 2. The van der Waals surface area contributed by atoms with Gasteiger partial charge in [0.2, 0.25) is 0 Å². The van der Waals surface area contributed by atoms with Crippen LogP contribution in [-0.4, -0.2) is 24.1 Å². The minimum Gasteiger partial charge on any atom is -0.462 e. The molecule has 24 heavy (non-hydrogen) atoms. The average Bonchev–Trinajstić information content (AvgIpc) is 3.27. The maximum absolute atomic E-state index is 12.9. The summed E-state index contributed by atoms with van der Waals surface area (Å²) in [5.41, 5.74) is 0. The van der Waals surface area contributed by atoms with E-state index in [2.05, 4.69) is 0 Å². The van der Waals surface area contributed by atoms with Crippen molar-refractivity contribution in [1.29, 1.82) is 0 Å². The van der Waals surface area contributed by atoms with E-state index in [4.69, 9.17) is 9.47 Å². The van der Waals surface area contributed by atoms with E-state index in [0.717, 1.165) is 24.7 Å². The molecule has 2 heterocycles. The second-order valence-corrected chi connectivity index (χ2v) is 9.79. The first-order chi connectivity index (χ1) is 11.7. The Morgan fingerprint density at radius 3 is 1.54 bits per heavy atom. The number of esters is 2. The fourth-order valence-electron chi connectivity index (χ4n) is 9.14. The Labute approximate surface area is 141 Å². The molecule has 0 amide bonds. The first-order valence-corrected chi connectivity index (χ1v) is 10.1. The van der Waals surface area contributed by atoms with Crippen LogP contribution in [-0.2, 0) is 19.1 Å². The molecule has 5 aliphatic carbocycles. The van der Waals surface area contributed by atoms with Crippen molar-refractivity contribution in [2.45, 2.75) is 50.7 Å². The van der Waals surface area contributed by atoms with Crippen LogP contribution < -0.4 is 0 Å². The molecule has 128 valence electrons. The average molecular weight is 328 g/mol. The predicted octanol–water partition coefficient (Wildman–Crippen LogP) is 2.41. The standard InChI is InChI=1S/C20H24O4/c21-19-17-15-9(5-7-1-3-11(23-19)13(7)15)10-6-8-2-4-12-14(8)16(10)18(17)20(22)24-12/h7-18H,1-6H2/t7-,8+,9-,10+,11-,12+,13+,14-,15-,16-,17-,18+/m0/s1. The lowest BCUT2D eigenvalue weighted by molar-refractivity contribution is -0.206. The molecule has 0 N–H and O–H groups in total. The van der Waals surface area contributed by atoms with Crippen LogP contribution >= 0.6 is 0 Å². The van der Waals surface area contributed by atoms with Crippen LogP contribution in [0.1, 0.15) is 38.5 Å². The molecule has 0 aromatic rings. The van der Waals surface area contributed by atoms with Crippen LogP contribution in [0.3, 0.4) is 0 Å². The highest BCUT2D eigenvalue weighted by Gasteiger charge is 2.72. The highest BCUT2D eigenvalue weighted by molar-refractivity contribution is 5.84. The smallest absolute Gasteiger partial charge is 0.310 e. The number of rotatable bonds is 0. The number of hydrogen-bond acceptors (Lipinski definition) is 4. The maximum Gasteiger partial charge on any atom is 0.310 e. The maximum atomic E-state index is 12.9. The first-order valence-electron chi connectivity index (χ1n) is 10.1. The number of carbonyl (C=O) groups excluding carboxylic acids is 2. The van der Waals surface area contributed by atoms with Gasteiger partial charge in [0.15, 0.2) is 0 Å². The van der Waals surface area contributed by atoms with Gasteiger partial charge in [-0.3, -0.25) is 9.59 Å². The van der Waals surface area contributed by atoms with Crippen molar-refractivity contribution < 1.29 is 19.1 Å². The Bertz CT molecular complexity index is 602. The number of ether oxygens (including phenoxy) is 2. The zero-order chi connectivity index (χ0) is 15.7. The summed E-state index contributed by atoms with van der Waals surface area (Å²) in [6.45, 7) is 0. The van der Waals surface area contributed by atoms with Gasteiger partial charge in [0, 0.05) is 11.8 Å². The lowest BCUT2D eigenvalue weighted by Gasteiger charge is -2.53. The number of hydrogen-bond donors (Lipinski definition) is 0. The lowest BCUT2D eigenvalue weighted by atomic mass is 9.54. The summed E-state index contributed by atoms with van der Waals surface area (Å²) < 4.78 is 11.8. The van der Waals surface area contributed by atoms with E-state index in [1.54, 1.807) is 0 Å². The second kappa shape index (κ2) is 4.02. The molecule has 4 nitrogen and oxygen atoms in total. The molecule has 4 heteroatoms. The Morgan fingerprint density at radius 2 is 1.08 bits per heavy atom. The van der Waals surface area contributed by atoms with Crippen molar-refractivity contribution >= 4 is 11.9 Å². The summed E-state index contributed by atoms with van der Waals surface area (Å²) in [6, 6.07) is 0. The third-order valence-corrected chi connectivity index (χ3v) is 9.46. The van der Waals surface area contributed by atoms with Gasteiger partial charge in [-0.05, 0) is 74.0 Å². The molecular weight excluding hydrogens is 304 g/mol. The fourth-order valence-corrected chi connectivity index (χ4v) is 9.14. The zero-order valence-corrected chi connectivity index (χ0v) is 13.8. The van der Waals surface area contributed by atoms with E-state index in [0.29, 0.717) is 35.5 Å². The second-order valence-electron chi connectivity index (χ2n) is 9.79. The molecule has 0 bridgehead atoms. The van der Waals surface area contributed by atoms with Crippen molar-refractivity contribution in [3.05, 3.63) is 0 Å². The van der Waals surface area contributed by atoms with E-state index < -0.39 is 0 Å². The van der Waals surface area contributed by atoms with Crippen LogP contribution in [0.25, 0.3) is 0 Å². The van der Waals surface area contributed by atoms with Crippen LogP contribution in [0.2, 0.25) is 0 Å². The topological polar surface area (TPSA) is 52.6 Å². The van der Waals surface area contributed by atoms with Crippen LogP contribution in [0, 0.1) is 59.2 Å². The molecule has 7 fully saturated rings. The molecule has 7 aliphatic rings. The minimum atomic E-state index is -0.187. The number of fused-ring (bicyclic) bond motifs is 2. The van der Waals surface area contributed by atoms with Crippen molar-refractivity contribution in [2.24, 2.45) is 59.2 Å². The highest BCUT2D eigenvalue weighted by Crippen LogP contribution is 2.71. The molecule has 0 radical (unpaired) electrons. The van der Waals surface area contributed by atoms with Crippen LogP contribution in [0.4, 0.5) is 0 Å². The summed E-state index contributed by atoms with van der Waals surface area (Å²) in [4.78, 5) is 25.8. The Hall–Kier alpha value is -1.06. The molecule has 0 aromatic carbocycles. The monoisotopic (exact) mass is 328 g/mol. The van der Waals surface area contributed by atoms with Crippen molar-refractivity contribution in [3.8, 4) is 0 Å². The summed E-state index contributed by atoms with van der Waals surface area (Å²) in [5.74, 6) is 4.27. The summed E-state index contributed by atoms with van der Waals surface area (Å²) in [6.07, 6.45) is 7.45. The van der Waals surface area contributed by atoms with Gasteiger partial charge in [0.1, 0.15) is 12.2 Å². The quantitative estimate of drug-likeness (QED) is 0.641. The Morgan fingerprint density at radius 1 is 0.625 bits per heavy atom. The summed E-state index contributed by atoms with van der Waals surface area (Å²) in [5, 5.41) is 0. The largest absolute Gasteiger partial charge is 0.462 e. The molecule has 12 atom stereocenters. The van der Waals surface area contributed by atoms with Crippen LogP contribution in [0.5, 0.6) is 0 Å². The SMILES string of the molecule is O=C1O[C@H]2CC[C@H]3C[C@H]4[C@H]5C[C@H]6CC[C@H]7OC(=O)[C@@H]([C@@H]1[C@@H]4[C@H]32)[C@@H]5[C@@H]67. The predicted molar refractivity (Wildman–Crippen MR) is 82.4 cm³/mol. The van der Waals surface area contributed by atoms with Gasteiger partial charge in [0.05, 0.1) is 11.8 Å². The van der Waals surface area contributed by atoms with Gasteiger partial charge in [-0.1, -0.05) is 0 Å². The molecule has 0 aromatic heterocycles. The van der Waals surface area contributed by atoms with Gasteiger partial charge in [-0.25, -0.2) is 0 Å². The van der Waals surface area contributed by atoms with E-state index >= 15 is 0 Å². The highest BCUT2D eigenvalue weighted by atomic mass is 16.6. The van der Waals surface area contributed by atoms with E-state index in [-0.39, 0.29) is 36.0 Å². The fraction of sp³-hybridized carbons (Fsp3) is 0.900. The van der Waals surface area contributed by atoms with E-state index in [1.807, 2.05) is 0 Å². The van der Waals surface area contributed by atoms with E-state index in [1.165, 1.54) is 25.7 Å². The normalized spacial score (nSPS) is 64.5. The minimum absolute atomic E-state index is 0.0610. The molecule has 5 saturated carbocycles. The molecule has 7 rings (SSSR count). The summed E-state index contributed by atoms with van der Waals surface area (Å²) in [7, 11) is 0. The summed E-state index contributed by atoms with van der Waals surface area (Å²) >= 11 is 0. The molecule has 2 aliphatic heterocycles. The van der Waals surface area contributed by atoms with Gasteiger partial charge in [0.25, 0.3) is 0 Å². The van der Waals surface area contributed by atoms with Gasteiger partial charge in [-0.15, -0.1) is 0 Å². The van der Waals surface area contributed by atoms with E-state index in [9.17, 15) is 9.59 Å². The first kappa shape index (κ1) is 13.2.